The van der Waals surface area contributed by atoms with Gasteiger partial charge in [-0.05, 0) is 47.9 Å². The van der Waals surface area contributed by atoms with Crippen molar-refractivity contribution in [3.05, 3.63) is 89.4 Å². The zero-order chi connectivity index (χ0) is 19.1. The van der Waals surface area contributed by atoms with Crippen molar-refractivity contribution in [2.75, 3.05) is 6.54 Å². The molecule has 1 aliphatic heterocycles. The minimum Gasteiger partial charge on any atom is -0.358 e. The standard InChI is InChI=1S/C24H21N3O/c1-16-5-2-3-7-19(16)17-8-9-22-20(13-17)21-15-27(12-10-23(21)26-22)24(28)18-6-4-11-25-14-18/h2-9,11,13-14,26H,10,12,15H2,1H3. The van der Waals surface area contributed by atoms with Crippen molar-refractivity contribution < 1.29 is 4.79 Å². The molecule has 28 heavy (non-hydrogen) atoms. The largest absolute Gasteiger partial charge is 0.358 e. The molecule has 0 unspecified atom stereocenters. The lowest BCUT2D eigenvalue weighted by molar-refractivity contribution is 0.0734. The van der Waals surface area contributed by atoms with E-state index in [4.69, 9.17) is 0 Å². The van der Waals surface area contributed by atoms with Crippen LogP contribution in [-0.4, -0.2) is 27.3 Å². The summed E-state index contributed by atoms with van der Waals surface area (Å²) < 4.78 is 0. The van der Waals surface area contributed by atoms with Crippen LogP contribution in [0.3, 0.4) is 0 Å². The Labute approximate surface area is 163 Å². The highest BCUT2D eigenvalue weighted by Crippen LogP contribution is 2.32. The molecule has 0 bridgehead atoms. The number of nitrogens with zero attached hydrogens (tertiary/aromatic N) is 2. The molecule has 0 fully saturated rings. The van der Waals surface area contributed by atoms with Gasteiger partial charge in [-0.25, -0.2) is 0 Å². The van der Waals surface area contributed by atoms with Gasteiger partial charge in [-0.15, -0.1) is 0 Å². The first-order chi connectivity index (χ1) is 13.7. The lowest BCUT2D eigenvalue weighted by Gasteiger charge is -2.27. The topological polar surface area (TPSA) is 49.0 Å². The van der Waals surface area contributed by atoms with Crippen molar-refractivity contribution in [3.8, 4) is 11.1 Å². The van der Waals surface area contributed by atoms with E-state index in [2.05, 4.69) is 59.4 Å². The van der Waals surface area contributed by atoms with Gasteiger partial charge >= 0.3 is 0 Å². The molecule has 0 aliphatic carbocycles. The van der Waals surface area contributed by atoms with E-state index in [0.717, 1.165) is 18.5 Å². The van der Waals surface area contributed by atoms with Crippen LogP contribution < -0.4 is 0 Å². The second-order valence-electron chi connectivity index (χ2n) is 7.38. The summed E-state index contributed by atoms with van der Waals surface area (Å²) >= 11 is 0. The summed E-state index contributed by atoms with van der Waals surface area (Å²) in [6.07, 6.45) is 4.18. The van der Waals surface area contributed by atoms with Crippen LogP contribution in [0.2, 0.25) is 0 Å². The van der Waals surface area contributed by atoms with Crippen molar-refractivity contribution in [3.63, 3.8) is 0 Å². The molecular formula is C24H21N3O. The predicted octanol–water partition coefficient (Wildman–Crippen LogP) is 4.74. The zero-order valence-electron chi connectivity index (χ0n) is 15.8. The Kier molecular flexibility index (Phi) is 3.97. The van der Waals surface area contributed by atoms with Crippen molar-refractivity contribution in [2.45, 2.75) is 19.9 Å². The third-order valence-corrected chi connectivity index (χ3v) is 5.63. The molecule has 1 aliphatic rings. The summed E-state index contributed by atoms with van der Waals surface area (Å²) in [5.74, 6) is 0.0446. The van der Waals surface area contributed by atoms with Gasteiger partial charge in [0.15, 0.2) is 0 Å². The fourth-order valence-corrected chi connectivity index (χ4v) is 4.12. The van der Waals surface area contributed by atoms with Gasteiger partial charge < -0.3 is 9.88 Å². The molecule has 0 spiro atoms. The normalized spacial score (nSPS) is 13.5. The maximum atomic E-state index is 12.9. The quantitative estimate of drug-likeness (QED) is 0.556. The number of carbonyl (C=O) groups is 1. The number of aromatic nitrogens is 2. The van der Waals surface area contributed by atoms with Crippen LogP contribution in [0.1, 0.15) is 27.2 Å². The van der Waals surface area contributed by atoms with Gasteiger partial charge in [0.2, 0.25) is 0 Å². The molecule has 0 radical (unpaired) electrons. The van der Waals surface area contributed by atoms with Crippen LogP contribution in [0.5, 0.6) is 0 Å². The summed E-state index contributed by atoms with van der Waals surface area (Å²) in [5.41, 5.74) is 7.98. The lowest BCUT2D eigenvalue weighted by atomic mass is 9.97. The smallest absolute Gasteiger partial charge is 0.255 e. The second-order valence-corrected chi connectivity index (χ2v) is 7.38. The van der Waals surface area contributed by atoms with E-state index in [1.807, 2.05) is 17.0 Å². The fraction of sp³-hybridized carbons (Fsp3) is 0.167. The Morgan fingerprint density at radius 3 is 2.82 bits per heavy atom. The summed E-state index contributed by atoms with van der Waals surface area (Å²) in [5, 5.41) is 1.21. The van der Waals surface area contributed by atoms with E-state index >= 15 is 0 Å². The number of hydrogen-bond donors (Lipinski definition) is 1. The van der Waals surface area contributed by atoms with E-state index < -0.39 is 0 Å². The Hall–Kier alpha value is -3.40. The van der Waals surface area contributed by atoms with Gasteiger partial charge in [-0.1, -0.05) is 30.3 Å². The van der Waals surface area contributed by atoms with Crippen molar-refractivity contribution in [1.82, 2.24) is 14.9 Å². The number of pyridine rings is 1. The molecule has 1 N–H and O–H groups in total. The summed E-state index contributed by atoms with van der Waals surface area (Å²) in [6, 6.07) is 18.7. The molecule has 0 atom stereocenters. The van der Waals surface area contributed by atoms with Gasteiger partial charge in [-0.2, -0.15) is 0 Å². The van der Waals surface area contributed by atoms with Gasteiger partial charge in [0.05, 0.1) is 5.56 Å². The van der Waals surface area contributed by atoms with Gasteiger partial charge in [0.1, 0.15) is 0 Å². The van der Waals surface area contributed by atoms with Crippen LogP contribution in [0.4, 0.5) is 0 Å². The number of amides is 1. The van der Waals surface area contributed by atoms with E-state index in [0.29, 0.717) is 12.1 Å². The van der Waals surface area contributed by atoms with Crippen LogP contribution in [0.15, 0.2) is 67.0 Å². The number of benzene rings is 2. The van der Waals surface area contributed by atoms with Crippen LogP contribution in [0, 0.1) is 6.92 Å². The lowest BCUT2D eigenvalue weighted by Crippen LogP contribution is -2.35. The van der Waals surface area contributed by atoms with Crippen molar-refractivity contribution >= 4 is 16.8 Å². The summed E-state index contributed by atoms with van der Waals surface area (Å²) in [7, 11) is 0. The van der Waals surface area contributed by atoms with E-state index in [1.165, 1.54) is 33.3 Å². The average Bonchev–Trinajstić information content (AvgIpc) is 3.11. The average molecular weight is 367 g/mol. The monoisotopic (exact) mass is 367 g/mol. The van der Waals surface area contributed by atoms with E-state index in [1.54, 1.807) is 12.4 Å². The molecule has 4 heteroatoms. The molecule has 0 saturated carbocycles. The van der Waals surface area contributed by atoms with Crippen molar-refractivity contribution in [2.24, 2.45) is 0 Å². The number of rotatable bonds is 2. The predicted molar refractivity (Wildman–Crippen MR) is 111 cm³/mol. The van der Waals surface area contributed by atoms with E-state index in [9.17, 15) is 4.79 Å². The van der Waals surface area contributed by atoms with E-state index in [-0.39, 0.29) is 5.91 Å². The molecule has 1 amide bonds. The molecule has 2 aromatic heterocycles. The number of aromatic amines is 1. The molecule has 4 nitrogen and oxygen atoms in total. The third kappa shape index (κ3) is 2.78. The number of fused-ring (bicyclic) bond motifs is 3. The van der Waals surface area contributed by atoms with Crippen molar-refractivity contribution in [1.29, 1.82) is 0 Å². The SMILES string of the molecule is Cc1ccccc1-c1ccc2[nH]c3c(c2c1)CN(C(=O)c1cccnc1)CC3. The van der Waals surface area contributed by atoms with Crippen LogP contribution >= 0.6 is 0 Å². The number of aryl methyl sites for hydroxylation is 1. The third-order valence-electron chi connectivity index (χ3n) is 5.63. The number of H-pyrrole nitrogens is 1. The molecule has 3 heterocycles. The van der Waals surface area contributed by atoms with Gasteiger partial charge in [-0.3, -0.25) is 9.78 Å². The minimum absolute atomic E-state index is 0.0446. The Morgan fingerprint density at radius 2 is 2.00 bits per heavy atom. The summed E-state index contributed by atoms with van der Waals surface area (Å²) in [4.78, 5) is 22.4. The molecule has 2 aromatic carbocycles. The maximum Gasteiger partial charge on any atom is 0.255 e. The van der Waals surface area contributed by atoms with Gasteiger partial charge in [0.25, 0.3) is 5.91 Å². The summed E-state index contributed by atoms with van der Waals surface area (Å²) in [6.45, 7) is 3.49. The maximum absolute atomic E-state index is 12.9. The Balaban J connectivity index is 1.54. The molecule has 5 rings (SSSR count). The first-order valence-electron chi connectivity index (χ1n) is 9.59. The Bertz CT molecular complexity index is 1180. The number of carbonyl (C=O) groups excluding carboxylic acids is 1. The Morgan fingerprint density at radius 1 is 1.11 bits per heavy atom. The zero-order valence-corrected chi connectivity index (χ0v) is 15.8. The molecule has 138 valence electrons. The number of hydrogen-bond acceptors (Lipinski definition) is 2. The first kappa shape index (κ1) is 16.8. The highest BCUT2D eigenvalue weighted by atomic mass is 16.2. The highest BCUT2D eigenvalue weighted by Gasteiger charge is 2.25. The second kappa shape index (κ2) is 6.64. The molecule has 0 saturated heterocycles. The van der Waals surface area contributed by atoms with Crippen LogP contribution in [-0.2, 0) is 13.0 Å². The number of nitrogens with one attached hydrogen (secondary N) is 1. The molecular weight excluding hydrogens is 346 g/mol. The van der Waals surface area contributed by atoms with Crippen LogP contribution in [0.25, 0.3) is 22.0 Å². The van der Waals surface area contributed by atoms with Gasteiger partial charge in [0, 0.05) is 54.1 Å². The fourth-order valence-electron chi connectivity index (χ4n) is 4.12. The first-order valence-corrected chi connectivity index (χ1v) is 9.59. The highest BCUT2D eigenvalue weighted by molar-refractivity contribution is 5.95. The minimum atomic E-state index is 0.0446. The molecule has 4 aromatic rings.